The highest BCUT2D eigenvalue weighted by atomic mass is 32.1. The summed E-state index contributed by atoms with van der Waals surface area (Å²) in [5.41, 5.74) is 0. The van der Waals surface area contributed by atoms with Crippen molar-refractivity contribution >= 4 is 23.2 Å². The lowest BCUT2D eigenvalue weighted by Gasteiger charge is -2.23. The van der Waals surface area contributed by atoms with Gasteiger partial charge in [0.1, 0.15) is 6.04 Å². The third-order valence-electron chi connectivity index (χ3n) is 2.70. The predicted molar refractivity (Wildman–Crippen MR) is 78.1 cm³/mol. The van der Waals surface area contributed by atoms with Crippen LogP contribution in [0.3, 0.4) is 0 Å². The van der Waals surface area contributed by atoms with Crippen molar-refractivity contribution in [2.24, 2.45) is 5.92 Å². The number of carbonyl (C=O) groups excluding carboxylic acids is 2. The van der Waals surface area contributed by atoms with Crippen LogP contribution in [0.5, 0.6) is 0 Å². The van der Waals surface area contributed by atoms with Crippen molar-refractivity contribution in [3.63, 3.8) is 0 Å². The molecule has 0 aromatic carbocycles. The molecular weight excluding hydrogens is 260 g/mol. The zero-order valence-electron chi connectivity index (χ0n) is 12.0. The summed E-state index contributed by atoms with van der Waals surface area (Å²) in [4.78, 5) is 26.5. The third kappa shape index (κ3) is 5.42. The number of nitrogens with zero attached hydrogens (tertiary/aromatic N) is 1. The van der Waals surface area contributed by atoms with Gasteiger partial charge in [0.2, 0.25) is 11.8 Å². The molecule has 106 valence electrons. The molecule has 0 saturated carbocycles. The summed E-state index contributed by atoms with van der Waals surface area (Å²) in [6.45, 7) is 4.09. The Hall–Kier alpha value is -1.36. The van der Waals surface area contributed by atoms with Gasteiger partial charge in [-0.3, -0.25) is 9.59 Å². The van der Waals surface area contributed by atoms with E-state index in [1.165, 1.54) is 4.90 Å². The van der Waals surface area contributed by atoms with Crippen LogP contribution in [0.1, 0.15) is 25.1 Å². The number of rotatable bonds is 6. The van der Waals surface area contributed by atoms with Crippen molar-refractivity contribution in [1.29, 1.82) is 0 Å². The zero-order chi connectivity index (χ0) is 14.4. The number of hydrogen-bond acceptors (Lipinski definition) is 3. The van der Waals surface area contributed by atoms with E-state index in [0.29, 0.717) is 18.8 Å². The first-order valence-electron chi connectivity index (χ1n) is 6.43. The van der Waals surface area contributed by atoms with Gasteiger partial charge in [0, 0.05) is 19.0 Å². The van der Waals surface area contributed by atoms with Crippen LogP contribution in [0.15, 0.2) is 17.5 Å². The van der Waals surface area contributed by atoms with Gasteiger partial charge in [-0.1, -0.05) is 19.9 Å². The monoisotopic (exact) mass is 282 g/mol. The third-order valence-corrected chi connectivity index (χ3v) is 3.57. The minimum atomic E-state index is -0.428. The highest BCUT2D eigenvalue weighted by Crippen LogP contribution is 2.11. The average molecular weight is 282 g/mol. The fraction of sp³-hybridized carbons (Fsp3) is 0.571. The summed E-state index contributed by atoms with van der Waals surface area (Å²) < 4.78 is 0. The summed E-state index contributed by atoms with van der Waals surface area (Å²) in [5, 5.41) is 4.79. The van der Waals surface area contributed by atoms with Gasteiger partial charge in [-0.05, 0) is 23.8 Å². The molecule has 1 rings (SSSR count). The predicted octanol–water partition coefficient (Wildman–Crippen LogP) is 1.91. The molecule has 0 fully saturated rings. The lowest BCUT2D eigenvalue weighted by Crippen LogP contribution is -2.47. The van der Waals surface area contributed by atoms with Crippen molar-refractivity contribution in [2.45, 2.75) is 32.7 Å². The molecule has 0 aliphatic carbocycles. The zero-order valence-corrected chi connectivity index (χ0v) is 12.8. The van der Waals surface area contributed by atoms with Crippen LogP contribution in [-0.4, -0.2) is 36.9 Å². The van der Waals surface area contributed by atoms with E-state index in [9.17, 15) is 9.59 Å². The lowest BCUT2D eigenvalue weighted by atomic mass is 10.0. The van der Waals surface area contributed by atoms with Crippen LogP contribution in [0, 0.1) is 5.92 Å². The highest BCUT2D eigenvalue weighted by molar-refractivity contribution is 7.10. The van der Waals surface area contributed by atoms with Gasteiger partial charge in [-0.15, -0.1) is 11.3 Å². The van der Waals surface area contributed by atoms with Crippen molar-refractivity contribution in [3.8, 4) is 0 Å². The molecule has 0 saturated heterocycles. The molecule has 0 spiro atoms. The standard InChI is InChI=1S/C14H22N2O2S/c1-10(2)8-12(14(18)16(3)4)15-13(17)9-11-6-5-7-19-11/h5-7,10,12H,8-9H2,1-4H3,(H,15,17). The van der Waals surface area contributed by atoms with Crippen molar-refractivity contribution in [3.05, 3.63) is 22.4 Å². The lowest BCUT2D eigenvalue weighted by molar-refractivity contribution is -0.134. The van der Waals surface area contributed by atoms with Gasteiger partial charge in [-0.25, -0.2) is 0 Å². The molecule has 5 heteroatoms. The summed E-state index contributed by atoms with van der Waals surface area (Å²) in [5.74, 6) is 0.215. The van der Waals surface area contributed by atoms with E-state index < -0.39 is 6.04 Å². The van der Waals surface area contributed by atoms with Gasteiger partial charge >= 0.3 is 0 Å². The summed E-state index contributed by atoms with van der Waals surface area (Å²) >= 11 is 1.55. The number of likely N-dealkylation sites (N-methyl/N-ethyl adjacent to an activating group) is 1. The summed E-state index contributed by atoms with van der Waals surface area (Å²) in [7, 11) is 3.42. The fourth-order valence-corrected chi connectivity index (χ4v) is 2.52. The Kier molecular flexibility index (Phi) is 6.02. The Morgan fingerprint density at radius 1 is 1.37 bits per heavy atom. The quantitative estimate of drug-likeness (QED) is 0.866. The maximum atomic E-state index is 12.0. The van der Waals surface area contributed by atoms with E-state index >= 15 is 0 Å². The number of nitrogens with one attached hydrogen (secondary N) is 1. The molecule has 0 radical (unpaired) electrons. The Labute approximate surface area is 118 Å². The molecule has 0 bridgehead atoms. The van der Waals surface area contributed by atoms with Gasteiger partial charge < -0.3 is 10.2 Å². The van der Waals surface area contributed by atoms with E-state index in [2.05, 4.69) is 5.32 Å². The van der Waals surface area contributed by atoms with E-state index in [4.69, 9.17) is 0 Å². The van der Waals surface area contributed by atoms with E-state index in [1.807, 2.05) is 31.4 Å². The first kappa shape index (κ1) is 15.7. The molecule has 1 N–H and O–H groups in total. The maximum Gasteiger partial charge on any atom is 0.244 e. The largest absolute Gasteiger partial charge is 0.347 e. The molecule has 2 amide bonds. The molecule has 1 heterocycles. The van der Waals surface area contributed by atoms with Gasteiger partial charge in [0.25, 0.3) is 0 Å². The highest BCUT2D eigenvalue weighted by Gasteiger charge is 2.23. The second-order valence-corrected chi connectivity index (χ2v) is 6.27. The van der Waals surface area contributed by atoms with E-state index in [0.717, 1.165) is 4.88 Å². The van der Waals surface area contributed by atoms with Crippen molar-refractivity contribution < 1.29 is 9.59 Å². The van der Waals surface area contributed by atoms with Crippen LogP contribution in [0.25, 0.3) is 0 Å². The molecular formula is C14H22N2O2S. The minimum absolute atomic E-state index is 0.0479. The number of carbonyl (C=O) groups is 2. The van der Waals surface area contributed by atoms with Crippen LogP contribution in [0.4, 0.5) is 0 Å². The van der Waals surface area contributed by atoms with Crippen LogP contribution < -0.4 is 5.32 Å². The molecule has 1 atom stereocenters. The SMILES string of the molecule is CC(C)CC(NC(=O)Cc1cccs1)C(=O)N(C)C. The van der Waals surface area contributed by atoms with Crippen LogP contribution in [-0.2, 0) is 16.0 Å². The first-order chi connectivity index (χ1) is 8.90. The Morgan fingerprint density at radius 3 is 2.53 bits per heavy atom. The summed E-state index contributed by atoms with van der Waals surface area (Å²) in [6, 6.07) is 3.42. The second-order valence-electron chi connectivity index (χ2n) is 5.24. The molecule has 0 aliphatic rings. The van der Waals surface area contributed by atoms with Crippen LogP contribution >= 0.6 is 11.3 Å². The summed E-state index contributed by atoms with van der Waals surface area (Å²) in [6.07, 6.45) is 1.00. The number of amides is 2. The number of thiophene rings is 1. The maximum absolute atomic E-state index is 12.0. The Bertz CT molecular complexity index is 413. The van der Waals surface area contributed by atoms with Gasteiger partial charge in [-0.2, -0.15) is 0 Å². The van der Waals surface area contributed by atoms with E-state index in [1.54, 1.807) is 25.4 Å². The van der Waals surface area contributed by atoms with E-state index in [-0.39, 0.29) is 11.8 Å². The molecule has 1 unspecified atom stereocenters. The normalized spacial score (nSPS) is 12.3. The first-order valence-corrected chi connectivity index (χ1v) is 7.31. The number of hydrogen-bond donors (Lipinski definition) is 1. The van der Waals surface area contributed by atoms with Gasteiger partial charge in [0.15, 0.2) is 0 Å². The van der Waals surface area contributed by atoms with Gasteiger partial charge in [0.05, 0.1) is 6.42 Å². The molecule has 4 nitrogen and oxygen atoms in total. The van der Waals surface area contributed by atoms with Crippen molar-refractivity contribution in [2.75, 3.05) is 14.1 Å². The smallest absolute Gasteiger partial charge is 0.244 e. The molecule has 0 aliphatic heterocycles. The van der Waals surface area contributed by atoms with Crippen molar-refractivity contribution in [1.82, 2.24) is 10.2 Å². The topological polar surface area (TPSA) is 49.4 Å². The Balaban J connectivity index is 2.61. The average Bonchev–Trinajstić information content (AvgIpc) is 2.78. The Morgan fingerprint density at radius 2 is 2.05 bits per heavy atom. The molecule has 1 aromatic rings. The minimum Gasteiger partial charge on any atom is -0.347 e. The van der Waals surface area contributed by atoms with Crippen LogP contribution in [0.2, 0.25) is 0 Å². The second kappa shape index (κ2) is 7.28. The fourth-order valence-electron chi connectivity index (χ4n) is 1.82. The molecule has 1 aromatic heterocycles. The molecule has 19 heavy (non-hydrogen) atoms.